The van der Waals surface area contributed by atoms with Crippen molar-refractivity contribution in [2.45, 2.75) is 6.42 Å². The molecule has 0 unspecified atom stereocenters. The van der Waals surface area contributed by atoms with Crippen LogP contribution >= 0.6 is 0 Å². The lowest BCUT2D eigenvalue weighted by Gasteiger charge is -1.70. The predicted molar refractivity (Wildman–Crippen MR) is 30.4 cm³/mol. The number of nitrogens with two attached hydrogens (primary N) is 1. The van der Waals surface area contributed by atoms with Crippen molar-refractivity contribution in [2.24, 2.45) is 5.73 Å². The van der Waals surface area contributed by atoms with Crippen LogP contribution in [-0.4, -0.2) is 17.5 Å². The van der Waals surface area contributed by atoms with Gasteiger partial charge in [0.1, 0.15) is 0 Å². The third-order valence-electron chi connectivity index (χ3n) is 0.204. The van der Waals surface area contributed by atoms with E-state index in [0.717, 1.165) is 6.42 Å². The van der Waals surface area contributed by atoms with Gasteiger partial charge in [0.25, 0.3) is 0 Å². The van der Waals surface area contributed by atoms with Crippen LogP contribution in [0.25, 0.3) is 0 Å². The van der Waals surface area contributed by atoms with Crippen molar-refractivity contribution in [2.75, 3.05) is 6.54 Å². The van der Waals surface area contributed by atoms with Crippen molar-refractivity contribution in [1.29, 1.82) is 0 Å². The lowest BCUT2D eigenvalue weighted by molar-refractivity contribution is 1.01. The Hall–Kier alpha value is 0.177. The van der Waals surface area contributed by atoms with Crippen molar-refractivity contribution < 1.29 is 0 Å². The molecule has 0 saturated heterocycles. The van der Waals surface area contributed by atoms with Crippen LogP contribution in [-0.2, 0) is 0 Å². The van der Waals surface area contributed by atoms with Crippen LogP contribution in [0, 0.1) is 6.92 Å². The molecule has 2 heteroatoms. The van der Waals surface area contributed by atoms with Crippen LogP contribution in [0.4, 0.5) is 0 Å². The van der Waals surface area contributed by atoms with Gasteiger partial charge >= 0.3 is 0 Å². The summed E-state index contributed by atoms with van der Waals surface area (Å²) < 4.78 is 0. The summed E-state index contributed by atoms with van der Waals surface area (Å²) >= 11 is 0. The number of hydrogen-bond acceptors (Lipinski definition) is 1. The van der Waals surface area contributed by atoms with Crippen LogP contribution in [0.15, 0.2) is 0 Å². The molecular weight excluding hydrogens is 78.1 g/mol. The SMILES string of the molecule is [CH2]CCN.[SiH4]. The van der Waals surface area contributed by atoms with Crippen LogP contribution < -0.4 is 5.73 Å². The largest absolute Gasteiger partial charge is 0.330 e. The highest BCUT2D eigenvalue weighted by molar-refractivity contribution is 5.75. The van der Waals surface area contributed by atoms with Gasteiger partial charge in [0.2, 0.25) is 0 Å². The first-order valence-electron chi connectivity index (χ1n) is 1.41. The maximum atomic E-state index is 4.97. The lowest BCUT2D eigenvalue weighted by atomic mass is 10.5. The molecule has 33 valence electrons. The van der Waals surface area contributed by atoms with Crippen LogP contribution in [0.5, 0.6) is 0 Å². The van der Waals surface area contributed by atoms with Gasteiger partial charge in [-0.05, 0) is 23.9 Å². The van der Waals surface area contributed by atoms with E-state index in [1.54, 1.807) is 0 Å². The summed E-state index contributed by atoms with van der Waals surface area (Å²) in [5.74, 6) is 0. The fraction of sp³-hybridized carbons (Fsp3) is 0.667. The third kappa shape index (κ3) is 14.3. The second-order valence-corrected chi connectivity index (χ2v) is 0.642. The van der Waals surface area contributed by atoms with E-state index >= 15 is 0 Å². The number of hydrogen-bond donors (Lipinski definition) is 1. The summed E-state index contributed by atoms with van der Waals surface area (Å²) in [5.41, 5.74) is 4.97. The Morgan fingerprint density at radius 3 is 1.80 bits per heavy atom. The normalized spacial score (nSPS) is 6.00. The smallest absolute Gasteiger partial charge is 0.00773 e. The maximum absolute atomic E-state index is 4.97. The van der Waals surface area contributed by atoms with E-state index in [1.807, 2.05) is 0 Å². The Morgan fingerprint density at radius 1 is 1.60 bits per heavy atom. The molecule has 0 aromatic carbocycles. The standard InChI is InChI=1S/C3H8N.H4Si/c1-2-3-4;/h1-4H2;1H4. The van der Waals surface area contributed by atoms with Crippen molar-refractivity contribution in [3.63, 3.8) is 0 Å². The molecule has 1 nitrogen and oxygen atoms in total. The second kappa shape index (κ2) is 8.90. The molecule has 2 N–H and O–H groups in total. The molecule has 0 aliphatic heterocycles. The number of rotatable bonds is 1. The Kier molecular flexibility index (Phi) is 15.9. The summed E-state index contributed by atoms with van der Waals surface area (Å²) in [6.07, 6.45) is 0.847. The highest BCUT2D eigenvalue weighted by atomic mass is 28.1. The molecule has 0 aromatic heterocycles. The second-order valence-electron chi connectivity index (χ2n) is 0.642. The molecule has 0 aliphatic carbocycles. The van der Waals surface area contributed by atoms with E-state index in [9.17, 15) is 0 Å². The molecule has 0 aromatic rings. The summed E-state index contributed by atoms with van der Waals surface area (Å²) in [5, 5.41) is 0. The van der Waals surface area contributed by atoms with Crippen LogP contribution in [0.3, 0.4) is 0 Å². The van der Waals surface area contributed by atoms with Crippen molar-refractivity contribution >= 4 is 11.0 Å². The highest BCUT2D eigenvalue weighted by Crippen LogP contribution is 1.55. The van der Waals surface area contributed by atoms with Gasteiger partial charge in [-0.3, -0.25) is 0 Å². The Labute approximate surface area is 37.6 Å². The topological polar surface area (TPSA) is 26.0 Å². The van der Waals surface area contributed by atoms with E-state index in [2.05, 4.69) is 6.92 Å². The van der Waals surface area contributed by atoms with Gasteiger partial charge < -0.3 is 5.73 Å². The average molecular weight is 90.2 g/mol. The zero-order chi connectivity index (χ0) is 3.41. The monoisotopic (exact) mass is 90.1 g/mol. The summed E-state index contributed by atoms with van der Waals surface area (Å²) in [7, 11) is 0. The maximum Gasteiger partial charge on any atom is -0.00773 e. The fourth-order valence-electron chi connectivity index (χ4n) is 0. The Balaban J connectivity index is 0. The van der Waals surface area contributed by atoms with Crippen LogP contribution in [0.2, 0.25) is 0 Å². The summed E-state index contributed by atoms with van der Waals surface area (Å²) in [6, 6.07) is 0. The fourth-order valence-corrected chi connectivity index (χ4v) is 0. The molecule has 0 fully saturated rings. The van der Waals surface area contributed by atoms with Crippen molar-refractivity contribution in [1.82, 2.24) is 0 Å². The van der Waals surface area contributed by atoms with E-state index in [1.165, 1.54) is 0 Å². The molecule has 0 amide bonds. The van der Waals surface area contributed by atoms with Gasteiger partial charge in [-0.15, -0.1) is 0 Å². The minimum Gasteiger partial charge on any atom is -0.330 e. The molecule has 0 heterocycles. The zero-order valence-electron chi connectivity index (χ0n) is 2.70. The first kappa shape index (κ1) is 8.95. The minimum absolute atomic E-state index is 0. The van der Waals surface area contributed by atoms with Crippen LogP contribution in [0.1, 0.15) is 6.42 Å². The van der Waals surface area contributed by atoms with Gasteiger partial charge in [-0.25, -0.2) is 0 Å². The molecule has 0 spiro atoms. The average Bonchev–Trinajstić information content (AvgIpc) is 1.37. The molecule has 0 bridgehead atoms. The molecule has 1 radical (unpaired) electrons. The molecule has 5 heavy (non-hydrogen) atoms. The zero-order valence-corrected chi connectivity index (χ0v) is 2.70. The predicted octanol–water partition coefficient (Wildman–Crippen LogP) is -1.28. The van der Waals surface area contributed by atoms with Crippen molar-refractivity contribution in [3.05, 3.63) is 6.92 Å². The van der Waals surface area contributed by atoms with E-state index in [0.29, 0.717) is 6.54 Å². The van der Waals surface area contributed by atoms with Gasteiger partial charge in [0.05, 0.1) is 0 Å². The summed E-state index contributed by atoms with van der Waals surface area (Å²) in [4.78, 5) is 0. The first-order chi connectivity index (χ1) is 1.91. The van der Waals surface area contributed by atoms with Crippen molar-refractivity contribution in [3.8, 4) is 0 Å². The Morgan fingerprint density at radius 2 is 1.80 bits per heavy atom. The lowest BCUT2D eigenvalue weighted by Crippen LogP contribution is -1.93. The molecule has 0 rings (SSSR count). The first-order valence-corrected chi connectivity index (χ1v) is 1.41. The van der Waals surface area contributed by atoms with Gasteiger partial charge in [-0.2, -0.15) is 0 Å². The quantitative estimate of drug-likeness (QED) is 0.399. The van der Waals surface area contributed by atoms with E-state index in [-0.39, 0.29) is 11.0 Å². The van der Waals surface area contributed by atoms with Gasteiger partial charge in [-0.1, -0.05) is 6.92 Å². The van der Waals surface area contributed by atoms with E-state index < -0.39 is 0 Å². The molecule has 0 atom stereocenters. The van der Waals surface area contributed by atoms with Gasteiger partial charge in [0, 0.05) is 0 Å². The third-order valence-corrected chi connectivity index (χ3v) is 0.204. The van der Waals surface area contributed by atoms with Gasteiger partial charge in [0.15, 0.2) is 0 Å². The summed E-state index contributed by atoms with van der Waals surface area (Å²) in [6.45, 7) is 4.19. The molecular formula is C3H12NSi. The molecule has 0 saturated carbocycles. The molecule has 0 aliphatic rings. The minimum atomic E-state index is 0. The highest BCUT2D eigenvalue weighted by Gasteiger charge is 1.55. The van der Waals surface area contributed by atoms with E-state index in [4.69, 9.17) is 5.73 Å². The Bertz CT molecular complexity index is 8.85.